The van der Waals surface area contributed by atoms with Crippen LogP contribution in [0.25, 0.3) is 0 Å². The van der Waals surface area contributed by atoms with Gasteiger partial charge < -0.3 is 15.8 Å². The van der Waals surface area contributed by atoms with E-state index in [9.17, 15) is 4.79 Å². The smallest absolute Gasteiger partial charge is 0.257 e. The molecule has 0 fully saturated rings. The van der Waals surface area contributed by atoms with Gasteiger partial charge in [0.1, 0.15) is 5.75 Å². The predicted octanol–water partition coefficient (Wildman–Crippen LogP) is 3.05. The molecule has 2 aromatic rings. The summed E-state index contributed by atoms with van der Waals surface area (Å²) in [5, 5.41) is 12.0. The molecule has 0 saturated heterocycles. The number of nitrogens with one attached hydrogen (secondary N) is 1. The van der Waals surface area contributed by atoms with Crippen molar-refractivity contribution in [2.75, 3.05) is 18.2 Å². The number of nitrogens with two attached hydrogens (primary N) is 1. The SMILES string of the molecule is COc1cc(C#N)ccc1NC(=O)c1ccc(Cl)cc1N. The van der Waals surface area contributed by atoms with E-state index in [1.807, 2.05) is 6.07 Å². The van der Waals surface area contributed by atoms with Crippen LogP contribution in [0.5, 0.6) is 5.75 Å². The molecule has 0 bridgehead atoms. The van der Waals surface area contributed by atoms with Gasteiger partial charge in [0, 0.05) is 16.8 Å². The lowest BCUT2D eigenvalue weighted by Gasteiger charge is -2.11. The van der Waals surface area contributed by atoms with Gasteiger partial charge in [0.05, 0.1) is 30.0 Å². The van der Waals surface area contributed by atoms with E-state index in [4.69, 9.17) is 27.3 Å². The summed E-state index contributed by atoms with van der Waals surface area (Å²) in [7, 11) is 1.46. The number of nitrogens with zero attached hydrogens (tertiary/aromatic N) is 1. The first-order valence-electron chi connectivity index (χ1n) is 5.99. The van der Waals surface area contributed by atoms with Crippen molar-refractivity contribution in [2.24, 2.45) is 0 Å². The maximum atomic E-state index is 12.2. The van der Waals surface area contributed by atoms with Crippen molar-refractivity contribution in [1.29, 1.82) is 5.26 Å². The standard InChI is InChI=1S/C15H12ClN3O2/c1-21-14-6-9(8-17)2-5-13(14)19-15(20)11-4-3-10(16)7-12(11)18/h2-7H,18H2,1H3,(H,19,20). The van der Waals surface area contributed by atoms with E-state index in [-0.39, 0.29) is 11.6 Å². The Hall–Kier alpha value is -2.71. The molecule has 1 amide bonds. The third-order valence-corrected chi connectivity index (χ3v) is 3.07. The molecule has 0 aliphatic heterocycles. The summed E-state index contributed by atoms with van der Waals surface area (Å²) in [5.74, 6) is 0.0158. The second-order valence-electron chi connectivity index (χ2n) is 4.21. The summed E-state index contributed by atoms with van der Waals surface area (Å²) in [6, 6.07) is 11.4. The largest absolute Gasteiger partial charge is 0.495 e. The van der Waals surface area contributed by atoms with Crippen LogP contribution in [0, 0.1) is 11.3 Å². The summed E-state index contributed by atoms with van der Waals surface area (Å²) in [4.78, 5) is 12.2. The fraction of sp³-hybridized carbons (Fsp3) is 0.0667. The third-order valence-electron chi connectivity index (χ3n) is 2.84. The zero-order valence-corrected chi connectivity index (χ0v) is 11.9. The van der Waals surface area contributed by atoms with Crippen molar-refractivity contribution in [3.63, 3.8) is 0 Å². The van der Waals surface area contributed by atoms with Gasteiger partial charge in [0.25, 0.3) is 5.91 Å². The Morgan fingerprint density at radius 1 is 1.33 bits per heavy atom. The number of methoxy groups -OCH3 is 1. The molecule has 2 rings (SSSR count). The van der Waals surface area contributed by atoms with Gasteiger partial charge in [-0.3, -0.25) is 4.79 Å². The minimum atomic E-state index is -0.382. The molecule has 21 heavy (non-hydrogen) atoms. The molecule has 6 heteroatoms. The van der Waals surface area contributed by atoms with Crippen LogP contribution in [-0.2, 0) is 0 Å². The number of nitrogen functional groups attached to an aromatic ring is 1. The highest BCUT2D eigenvalue weighted by atomic mass is 35.5. The lowest BCUT2D eigenvalue weighted by atomic mass is 10.1. The number of hydrogen-bond acceptors (Lipinski definition) is 4. The van der Waals surface area contributed by atoms with E-state index in [0.717, 1.165) is 0 Å². The highest BCUT2D eigenvalue weighted by Crippen LogP contribution is 2.27. The van der Waals surface area contributed by atoms with E-state index in [0.29, 0.717) is 27.6 Å². The van der Waals surface area contributed by atoms with Crippen LogP contribution in [0.2, 0.25) is 5.02 Å². The molecular weight excluding hydrogens is 290 g/mol. The fourth-order valence-electron chi connectivity index (χ4n) is 1.79. The lowest BCUT2D eigenvalue weighted by molar-refractivity contribution is 0.102. The van der Waals surface area contributed by atoms with Crippen LogP contribution in [0.15, 0.2) is 36.4 Å². The number of amides is 1. The van der Waals surface area contributed by atoms with Gasteiger partial charge in [-0.05, 0) is 30.3 Å². The molecule has 0 saturated carbocycles. The molecule has 0 heterocycles. The fourth-order valence-corrected chi connectivity index (χ4v) is 1.97. The number of carbonyl (C=O) groups excluding carboxylic acids is 1. The second-order valence-corrected chi connectivity index (χ2v) is 4.65. The van der Waals surface area contributed by atoms with Gasteiger partial charge in [-0.1, -0.05) is 11.6 Å². The van der Waals surface area contributed by atoms with Gasteiger partial charge in [0.2, 0.25) is 0 Å². The number of benzene rings is 2. The Kier molecular flexibility index (Phi) is 4.31. The Morgan fingerprint density at radius 3 is 2.71 bits per heavy atom. The quantitative estimate of drug-likeness (QED) is 0.853. The number of carbonyl (C=O) groups is 1. The maximum Gasteiger partial charge on any atom is 0.257 e. The Bertz CT molecular complexity index is 738. The molecule has 0 radical (unpaired) electrons. The molecule has 3 N–H and O–H groups in total. The van der Waals surface area contributed by atoms with Gasteiger partial charge in [-0.25, -0.2) is 0 Å². The third kappa shape index (κ3) is 3.25. The van der Waals surface area contributed by atoms with Gasteiger partial charge in [0.15, 0.2) is 0 Å². The zero-order valence-electron chi connectivity index (χ0n) is 11.2. The van der Waals surface area contributed by atoms with Crippen molar-refractivity contribution < 1.29 is 9.53 Å². The van der Waals surface area contributed by atoms with Crippen LogP contribution in [-0.4, -0.2) is 13.0 Å². The molecule has 0 atom stereocenters. The van der Waals surface area contributed by atoms with Crippen LogP contribution in [0.4, 0.5) is 11.4 Å². The summed E-state index contributed by atoms with van der Waals surface area (Å²) < 4.78 is 5.16. The van der Waals surface area contributed by atoms with E-state index < -0.39 is 0 Å². The van der Waals surface area contributed by atoms with Gasteiger partial charge in [-0.15, -0.1) is 0 Å². The number of anilines is 2. The topological polar surface area (TPSA) is 88.1 Å². The van der Waals surface area contributed by atoms with Crippen molar-refractivity contribution in [2.45, 2.75) is 0 Å². The summed E-state index contributed by atoms with van der Waals surface area (Å²) in [5.41, 5.74) is 7.26. The minimum Gasteiger partial charge on any atom is -0.495 e. The Labute approximate surface area is 126 Å². The van der Waals surface area contributed by atoms with Gasteiger partial charge >= 0.3 is 0 Å². The molecule has 106 valence electrons. The van der Waals surface area contributed by atoms with Crippen LogP contribution < -0.4 is 15.8 Å². The summed E-state index contributed by atoms with van der Waals surface area (Å²) in [6.45, 7) is 0. The molecule has 0 aromatic heterocycles. The molecule has 0 aliphatic rings. The number of halogens is 1. The zero-order chi connectivity index (χ0) is 15.4. The van der Waals surface area contributed by atoms with Crippen LogP contribution in [0.3, 0.4) is 0 Å². The van der Waals surface area contributed by atoms with Crippen molar-refractivity contribution >= 4 is 28.9 Å². The Morgan fingerprint density at radius 2 is 2.10 bits per heavy atom. The number of rotatable bonds is 3. The van der Waals surface area contributed by atoms with Crippen molar-refractivity contribution in [1.82, 2.24) is 0 Å². The maximum absolute atomic E-state index is 12.2. The number of hydrogen-bond donors (Lipinski definition) is 2. The van der Waals surface area contributed by atoms with E-state index in [1.54, 1.807) is 30.3 Å². The van der Waals surface area contributed by atoms with E-state index in [1.165, 1.54) is 13.2 Å². The summed E-state index contributed by atoms with van der Waals surface area (Å²) >= 11 is 5.80. The van der Waals surface area contributed by atoms with Gasteiger partial charge in [-0.2, -0.15) is 5.26 Å². The summed E-state index contributed by atoms with van der Waals surface area (Å²) in [6.07, 6.45) is 0. The molecule has 0 unspecified atom stereocenters. The second kappa shape index (κ2) is 6.16. The Balaban J connectivity index is 2.29. The molecular formula is C15H12ClN3O2. The van der Waals surface area contributed by atoms with Crippen LogP contribution in [0.1, 0.15) is 15.9 Å². The highest BCUT2D eigenvalue weighted by molar-refractivity contribution is 6.31. The number of ether oxygens (including phenoxy) is 1. The average Bonchev–Trinajstić information content (AvgIpc) is 2.47. The number of nitriles is 1. The first kappa shape index (κ1) is 14.7. The lowest BCUT2D eigenvalue weighted by Crippen LogP contribution is -2.14. The highest BCUT2D eigenvalue weighted by Gasteiger charge is 2.13. The average molecular weight is 302 g/mol. The monoisotopic (exact) mass is 301 g/mol. The molecule has 0 aliphatic carbocycles. The molecule has 2 aromatic carbocycles. The normalized spacial score (nSPS) is 9.76. The molecule has 0 spiro atoms. The minimum absolute atomic E-state index is 0.285. The first-order valence-corrected chi connectivity index (χ1v) is 6.37. The van der Waals surface area contributed by atoms with E-state index >= 15 is 0 Å². The van der Waals surface area contributed by atoms with Crippen LogP contribution >= 0.6 is 11.6 Å². The predicted molar refractivity (Wildman–Crippen MR) is 81.5 cm³/mol. The first-order chi connectivity index (χ1) is 10.0. The van der Waals surface area contributed by atoms with Crippen molar-refractivity contribution in [3.8, 4) is 11.8 Å². The van der Waals surface area contributed by atoms with E-state index in [2.05, 4.69) is 5.32 Å². The van der Waals surface area contributed by atoms with Crippen molar-refractivity contribution in [3.05, 3.63) is 52.5 Å². The molecule has 5 nitrogen and oxygen atoms in total.